The van der Waals surface area contributed by atoms with Gasteiger partial charge in [-0.25, -0.2) is 9.97 Å². The zero-order valence-corrected chi connectivity index (χ0v) is 17.0. The molecule has 1 fully saturated rings. The van der Waals surface area contributed by atoms with Gasteiger partial charge in [0, 0.05) is 24.8 Å². The van der Waals surface area contributed by atoms with Crippen LogP contribution in [0.25, 0.3) is 21.3 Å². The Morgan fingerprint density at radius 2 is 1.97 bits per heavy atom. The summed E-state index contributed by atoms with van der Waals surface area (Å²) >= 11 is 1.39. The van der Waals surface area contributed by atoms with E-state index in [0.29, 0.717) is 21.8 Å². The first-order chi connectivity index (χ1) is 14.8. The van der Waals surface area contributed by atoms with E-state index >= 15 is 0 Å². The molecule has 1 aliphatic heterocycles. The molecule has 0 spiro atoms. The van der Waals surface area contributed by atoms with Crippen LogP contribution in [0.1, 0.15) is 5.82 Å². The Morgan fingerprint density at radius 1 is 1.13 bits per heavy atom. The lowest BCUT2D eigenvalue weighted by Gasteiger charge is -2.29. The summed E-state index contributed by atoms with van der Waals surface area (Å²) in [6, 6.07) is 13.8. The minimum atomic E-state index is -0.129. The first-order valence-electron chi connectivity index (χ1n) is 9.75. The molecule has 7 nitrogen and oxygen atoms in total. The maximum absolute atomic E-state index is 12.1. The van der Waals surface area contributed by atoms with Crippen LogP contribution in [-0.2, 0) is 11.3 Å². The van der Waals surface area contributed by atoms with Crippen LogP contribution >= 0.6 is 11.3 Å². The standard InChI is InChI=1S/C22H20N4O3S/c27-22-20-18(7-13-30-20)24-19(25-22)14-29-16-5-3-15(4-6-16)17-2-1-8-23-21(17)26-9-11-28-12-10-26/h1-8,13H,9-12,14H2,(H,24,25,27). The fourth-order valence-electron chi connectivity index (χ4n) is 3.52. The topological polar surface area (TPSA) is 80.3 Å². The number of rotatable bonds is 5. The zero-order valence-electron chi connectivity index (χ0n) is 16.2. The van der Waals surface area contributed by atoms with Gasteiger partial charge in [0.1, 0.15) is 28.7 Å². The molecule has 4 heterocycles. The van der Waals surface area contributed by atoms with Gasteiger partial charge in [-0.05, 0) is 41.3 Å². The smallest absolute Gasteiger partial charge is 0.268 e. The van der Waals surface area contributed by atoms with Gasteiger partial charge < -0.3 is 19.4 Å². The molecule has 152 valence electrons. The average Bonchev–Trinajstić information content (AvgIpc) is 3.28. The summed E-state index contributed by atoms with van der Waals surface area (Å²) in [7, 11) is 0. The Balaban J connectivity index is 1.33. The summed E-state index contributed by atoms with van der Waals surface area (Å²) in [5.41, 5.74) is 2.73. The van der Waals surface area contributed by atoms with Crippen LogP contribution in [0.5, 0.6) is 5.75 Å². The lowest BCUT2D eigenvalue weighted by Crippen LogP contribution is -2.37. The van der Waals surface area contributed by atoms with Crippen molar-refractivity contribution < 1.29 is 9.47 Å². The van der Waals surface area contributed by atoms with Gasteiger partial charge in [0.05, 0.1) is 18.7 Å². The molecule has 0 bridgehead atoms. The molecular weight excluding hydrogens is 400 g/mol. The van der Waals surface area contributed by atoms with E-state index < -0.39 is 0 Å². The number of anilines is 1. The SMILES string of the molecule is O=c1[nH]c(COc2ccc(-c3cccnc3N3CCOCC3)cc2)nc2ccsc12. The minimum absolute atomic E-state index is 0.129. The van der Waals surface area contributed by atoms with Gasteiger partial charge in [-0.1, -0.05) is 12.1 Å². The number of thiophene rings is 1. The van der Waals surface area contributed by atoms with Crippen molar-refractivity contribution in [1.29, 1.82) is 0 Å². The third-order valence-corrected chi connectivity index (χ3v) is 5.90. The van der Waals surface area contributed by atoms with Crippen LogP contribution in [0.4, 0.5) is 5.82 Å². The molecule has 1 aliphatic rings. The van der Waals surface area contributed by atoms with E-state index in [4.69, 9.17) is 9.47 Å². The van der Waals surface area contributed by atoms with Gasteiger partial charge in [-0.3, -0.25) is 4.79 Å². The van der Waals surface area contributed by atoms with E-state index in [2.05, 4.69) is 25.9 Å². The van der Waals surface area contributed by atoms with Crippen molar-refractivity contribution in [3.63, 3.8) is 0 Å². The highest BCUT2D eigenvalue weighted by Crippen LogP contribution is 2.30. The van der Waals surface area contributed by atoms with Gasteiger partial charge in [-0.2, -0.15) is 0 Å². The van der Waals surface area contributed by atoms with Crippen LogP contribution in [-0.4, -0.2) is 41.3 Å². The molecule has 0 amide bonds. The number of benzene rings is 1. The van der Waals surface area contributed by atoms with Gasteiger partial charge in [0.25, 0.3) is 5.56 Å². The summed E-state index contributed by atoms with van der Waals surface area (Å²) in [6.07, 6.45) is 1.82. The molecule has 0 radical (unpaired) electrons. The first kappa shape index (κ1) is 18.8. The number of nitrogens with one attached hydrogen (secondary N) is 1. The molecular formula is C22H20N4O3S. The maximum Gasteiger partial charge on any atom is 0.268 e. The Labute approximate surface area is 176 Å². The number of aromatic nitrogens is 3. The predicted molar refractivity (Wildman–Crippen MR) is 117 cm³/mol. The zero-order chi connectivity index (χ0) is 20.3. The van der Waals surface area contributed by atoms with Crippen molar-refractivity contribution in [2.75, 3.05) is 31.2 Å². The van der Waals surface area contributed by atoms with E-state index in [9.17, 15) is 4.79 Å². The fraction of sp³-hybridized carbons (Fsp3) is 0.227. The van der Waals surface area contributed by atoms with Crippen LogP contribution in [0.2, 0.25) is 0 Å². The molecule has 0 atom stereocenters. The van der Waals surface area contributed by atoms with Gasteiger partial charge in [0.15, 0.2) is 0 Å². The van der Waals surface area contributed by atoms with Crippen molar-refractivity contribution >= 4 is 27.4 Å². The molecule has 0 unspecified atom stereocenters. The number of pyridine rings is 1. The molecule has 0 saturated carbocycles. The lowest BCUT2D eigenvalue weighted by atomic mass is 10.1. The summed E-state index contributed by atoms with van der Waals surface area (Å²) in [5, 5.41) is 1.86. The molecule has 1 aromatic carbocycles. The highest BCUT2D eigenvalue weighted by molar-refractivity contribution is 7.17. The van der Waals surface area contributed by atoms with E-state index in [1.165, 1.54) is 11.3 Å². The van der Waals surface area contributed by atoms with E-state index in [0.717, 1.165) is 43.2 Å². The molecule has 1 N–H and O–H groups in total. The van der Waals surface area contributed by atoms with Crippen LogP contribution in [0.3, 0.4) is 0 Å². The summed E-state index contributed by atoms with van der Waals surface area (Å²) in [5.74, 6) is 2.20. The molecule has 3 aromatic heterocycles. The third kappa shape index (κ3) is 3.79. The van der Waals surface area contributed by atoms with Gasteiger partial charge in [0.2, 0.25) is 0 Å². The average molecular weight is 420 g/mol. The molecule has 8 heteroatoms. The van der Waals surface area contributed by atoms with Crippen LogP contribution < -0.4 is 15.2 Å². The Hall–Kier alpha value is -3.23. The van der Waals surface area contributed by atoms with E-state index in [1.54, 1.807) is 0 Å². The predicted octanol–water partition coefficient (Wildman–Crippen LogP) is 3.46. The highest BCUT2D eigenvalue weighted by Gasteiger charge is 2.16. The van der Waals surface area contributed by atoms with E-state index in [1.807, 2.05) is 48.0 Å². The first-order valence-corrected chi connectivity index (χ1v) is 10.6. The normalized spacial score (nSPS) is 14.2. The quantitative estimate of drug-likeness (QED) is 0.533. The molecule has 30 heavy (non-hydrogen) atoms. The summed E-state index contributed by atoms with van der Waals surface area (Å²) < 4.78 is 11.9. The Morgan fingerprint density at radius 3 is 2.80 bits per heavy atom. The molecule has 0 aliphatic carbocycles. The number of fused-ring (bicyclic) bond motifs is 1. The molecule has 5 rings (SSSR count). The highest BCUT2D eigenvalue weighted by atomic mass is 32.1. The van der Waals surface area contributed by atoms with Crippen LogP contribution in [0.15, 0.2) is 58.8 Å². The molecule has 1 saturated heterocycles. The van der Waals surface area contributed by atoms with Crippen LogP contribution in [0, 0.1) is 0 Å². The van der Waals surface area contributed by atoms with Gasteiger partial charge in [-0.15, -0.1) is 11.3 Å². The summed E-state index contributed by atoms with van der Waals surface area (Å²) in [4.78, 5) is 26.2. The van der Waals surface area contributed by atoms with E-state index in [-0.39, 0.29) is 12.2 Å². The monoisotopic (exact) mass is 420 g/mol. The largest absolute Gasteiger partial charge is 0.486 e. The van der Waals surface area contributed by atoms with Crippen molar-refractivity contribution in [3.05, 3.63) is 70.2 Å². The molecule has 4 aromatic rings. The summed E-state index contributed by atoms with van der Waals surface area (Å²) in [6.45, 7) is 3.31. The number of nitrogens with zero attached hydrogens (tertiary/aromatic N) is 3. The van der Waals surface area contributed by atoms with Crippen molar-refractivity contribution in [1.82, 2.24) is 15.0 Å². The number of H-pyrrole nitrogens is 1. The number of hydrogen-bond donors (Lipinski definition) is 1. The second-order valence-corrected chi connectivity index (χ2v) is 7.85. The fourth-order valence-corrected chi connectivity index (χ4v) is 4.25. The Bertz CT molecular complexity index is 1210. The van der Waals surface area contributed by atoms with Crippen molar-refractivity contribution in [2.24, 2.45) is 0 Å². The second-order valence-electron chi connectivity index (χ2n) is 6.93. The lowest BCUT2D eigenvalue weighted by molar-refractivity contribution is 0.122. The second kappa shape index (κ2) is 8.25. The Kier molecular flexibility index (Phi) is 5.17. The maximum atomic E-state index is 12.1. The number of aromatic amines is 1. The number of morpholine rings is 1. The van der Waals surface area contributed by atoms with Gasteiger partial charge >= 0.3 is 0 Å². The van der Waals surface area contributed by atoms with Crippen molar-refractivity contribution in [3.8, 4) is 16.9 Å². The van der Waals surface area contributed by atoms with Crippen molar-refractivity contribution in [2.45, 2.75) is 6.61 Å². The number of ether oxygens (including phenoxy) is 2. The number of hydrogen-bond acceptors (Lipinski definition) is 7. The minimum Gasteiger partial charge on any atom is -0.486 e. The third-order valence-electron chi connectivity index (χ3n) is 5.00.